The lowest BCUT2D eigenvalue weighted by Crippen LogP contribution is -2.38. The number of benzene rings is 1. The number of rotatable bonds is 4. The molecule has 34 heavy (non-hydrogen) atoms. The summed E-state index contributed by atoms with van der Waals surface area (Å²) in [4.78, 5) is 11.2. The number of ether oxygens (including phenoxy) is 1. The third-order valence-electron chi connectivity index (χ3n) is 6.13. The zero-order valence-electron chi connectivity index (χ0n) is 18.3. The van der Waals surface area contributed by atoms with E-state index in [-0.39, 0.29) is 6.10 Å². The van der Waals surface area contributed by atoms with Gasteiger partial charge in [0, 0.05) is 54.5 Å². The van der Waals surface area contributed by atoms with E-state index in [9.17, 15) is 5.21 Å². The van der Waals surface area contributed by atoms with Crippen molar-refractivity contribution in [2.45, 2.75) is 18.9 Å². The van der Waals surface area contributed by atoms with Crippen LogP contribution in [0.15, 0.2) is 81.9 Å². The van der Waals surface area contributed by atoms with E-state index in [1.807, 2.05) is 66.3 Å². The first-order valence-electron chi connectivity index (χ1n) is 11.2. The lowest BCUT2D eigenvalue weighted by molar-refractivity contribution is 0.171. The van der Waals surface area contributed by atoms with Gasteiger partial charge >= 0.3 is 0 Å². The molecule has 1 saturated heterocycles. The minimum absolute atomic E-state index is 0.116. The zero-order valence-corrected chi connectivity index (χ0v) is 19.1. The summed E-state index contributed by atoms with van der Waals surface area (Å²) >= 11 is 1.65. The van der Waals surface area contributed by atoms with Gasteiger partial charge in [-0.3, -0.25) is 4.98 Å². The first-order valence-corrected chi connectivity index (χ1v) is 12.1. The van der Waals surface area contributed by atoms with Gasteiger partial charge in [-0.1, -0.05) is 11.2 Å². The summed E-state index contributed by atoms with van der Waals surface area (Å²) in [5.74, 6) is 2.28. The molecule has 1 aliphatic rings. The average molecular weight is 471 g/mol. The largest absolute Gasteiger partial charge is 0.490 e. The Morgan fingerprint density at radius 2 is 1.97 bits per heavy atom. The SMILES string of the molecule is ON=c1cc(-c2cc3sccc3cn2)oc2ccc(OC3CCN(c4ccccn4)CC3)cc12. The van der Waals surface area contributed by atoms with Crippen LogP contribution in [0.25, 0.3) is 32.5 Å². The van der Waals surface area contributed by atoms with E-state index in [0.29, 0.717) is 27.8 Å². The normalized spacial score (nSPS) is 15.3. The zero-order chi connectivity index (χ0) is 22.9. The molecule has 1 aromatic carbocycles. The topological polar surface area (TPSA) is 84.0 Å². The molecule has 0 amide bonds. The van der Waals surface area contributed by atoms with Crippen molar-refractivity contribution in [3.63, 3.8) is 0 Å². The average Bonchev–Trinajstić information content (AvgIpc) is 3.37. The predicted octanol–water partition coefficient (Wildman–Crippen LogP) is 5.44. The van der Waals surface area contributed by atoms with Crippen molar-refractivity contribution >= 4 is 38.2 Å². The van der Waals surface area contributed by atoms with Crippen molar-refractivity contribution in [3.8, 4) is 17.2 Å². The molecule has 1 fully saturated rings. The molecule has 0 saturated carbocycles. The third-order valence-corrected chi connectivity index (χ3v) is 7.01. The highest BCUT2D eigenvalue weighted by molar-refractivity contribution is 7.17. The Kier molecular flexibility index (Phi) is 5.35. The monoisotopic (exact) mass is 470 g/mol. The van der Waals surface area contributed by atoms with Crippen LogP contribution >= 0.6 is 11.3 Å². The van der Waals surface area contributed by atoms with Gasteiger partial charge in [0.05, 0.1) is 5.39 Å². The predicted molar refractivity (Wildman–Crippen MR) is 132 cm³/mol. The number of nitrogens with zero attached hydrogens (tertiary/aromatic N) is 4. The van der Waals surface area contributed by atoms with Gasteiger partial charge in [-0.05, 0) is 47.8 Å². The lowest BCUT2D eigenvalue weighted by Gasteiger charge is -2.32. The quantitative estimate of drug-likeness (QED) is 0.278. The molecule has 4 aromatic heterocycles. The molecule has 0 atom stereocenters. The van der Waals surface area contributed by atoms with Gasteiger partial charge in [-0.2, -0.15) is 0 Å². The van der Waals surface area contributed by atoms with Crippen molar-refractivity contribution < 1.29 is 14.4 Å². The van der Waals surface area contributed by atoms with Crippen molar-refractivity contribution in [2.24, 2.45) is 5.16 Å². The molecule has 5 aromatic rings. The number of piperidine rings is 1. The van der Waals surface area contributed by atoms with E-state index >= 15 is 0 Å². The summed E-state index contributed by atoms with van der Waals surface area (Å²) in [7, 11) is 0. The molecule has 0 unspecified atom stereocenters. The molecule has 8 heteroatoms. The fourth-order valence-corrected chi connectivity index (χ4v) is 5.15. The molecule has 1 N–H and O–H groups in total. The summed E-state index contributed by atoms with van der Waals surface area (Å²) in [6, 6.07) is 17.3. The number of aromatic nitrogens is 2. The first kappa shape index (κ1) is 20.7. The van der Waals surface area contributed by atoms with Crippen molar-refractivity contribution in [3.05, 3.63) is 77.7 Å². The maximum atomic E-state index is 9.71. The number of hydrogen-bond acceptors (Lipinski definition) is 8. The van der Waals surface area contributed by atoms with E-state index in [1.165, 1.54) is 0 Å². The van der Waals surface area contributed by atoms with Crippen LogP contribution in [0, 0.1) is 0 Å². The lowest BCUT2D eigenvalue weighted by atomic mass is 10.1. The molecule has 0 spiro atoms. The van der Waals surface area contributed by atoms with Crippen LogP contribution in [0.5, 0.6) is 5.75 Å². The summed E-state index contributed by atoms with van der Waals surface area (Å²) < 4.78 is 13.5. The second kappa shape index (κ2) is 8.79. The molecule has 0 aliphatic carbocycles. The molecule has 0 bridgehead atoms. The van der Waals surface area contributed by atoms with Crippen molar-refractivity contribution in [2.75, 3.05) is 18.0 Å². The minimum Gasteiger partial charge on any atom is -0.490 e. The number of pyridine rings is 2. The Hall–Kier alpha value is -3.91. The van der Waals surface area contributed by atoms with Gasteiger partial charge in [0.25, 0.3) is 0 Å². The maximum absolute atomic E-state index is 9.71. The molecule has 1 aliphatic heterocycles. The molecule has 6 rings (SSSR count). The summed E-state index contributed by atoms with van der Waals surface area (Å²) in [5, 5.41) is 17.5. The number of hydrogen-bond donors (Lipinski definition) is 1. The molecule has 7 nitrogen and oxygen atoms in total. The van der Waals surface area contributed by atoms with E-state index in [0.717, 1.165) is 47.6 Å². The highest BCUT2D eigenvalue weighted by atomic mass is 32.1. The van der Waals surface area contributed by atoms with Gasteiger partial charge in [-0.15, -0.1) is 11.3 Å². The van der Waals surface area contributed by atoms with E-state index in [2.05, 4.69) is 20.0 Å². The molecule has 170 valence electrons. The summed E-state index contributed by atoms with van der Waals surface area (Å²) in [5.41, 5.74) is 1.30. The Morgan fingerprint density at radius 3 is 2.79 bits per heavy atom. The summed E-state index contributed by atoms with van der Waals surface area (Å²) in [6.45, 7) is 1.79. The molecular formula is C26H22N4O3S. The fraction of sp³-hybridized carbons (Fsp3) is 0.192. The highest BCUT2D eigenvalue weighted by Gasteiger charge is 2.21. The molecule has 5 heterocycles. The van der Waals surface area contributed by atoms with Crippen LogP contribution in [-0.4, -0.2) is 34.4 Å². The maximum Gasteiger partial charge on any atom is 0.155 e. The van der Waals surface area contributed by atoms with Crippen LogP contribution in [0.1, 0.15) is 12.8 Å². The van der Waals surface area contributed by atoms with Crippen molar-refractivity contribution in [1.82, 2.24) is 9.97 Å². The Labute approximate surface area is 199 Å². The fourth-order valence-electron chi connectivity index (χ4n) is 4.36. The van der Waals surface area contributed by atoms with Crippen LogP contribution < -0.4 is 15.0 Å². The second-order valence-electron chi connectivity index (χ2n) is 8.27. The van der Waals surface area contributed by atoms with Gasteiger partial charge in [-0.25, -0.2) is 4.98 Å². The Bertz CT molecular complexity index is 1520. The van der Waals surface area contributed by atoms with E-state index in [4.69, 9.17) is 9.15 Å². The van der Waals surface area contributed by atoms with Crippen LogP contribution in [0.3, 0.4) is 0 Å². The molecule has 0 radical (unpaired) electrons. The first-order chi connectivity index (χ1) is 16.8. The molecular weight excluding hydrogens is 448 g/mol. The van der Waals surface area contributed by atoms with Crippen molar-refractivity contribution in [1.29, 1.82) is 0 Å². The van der Waals surface area contributed by atoms with Crippen LogP contribution in [-0.2, 0) is 0 Å². The van der Waals surface area contributed by atoms with Crippen LogP contribution in [0.2, 0.25) is 0 Å². The Balaban J connectivity index is 1.23. The number of fused-ring (bicyclic) bond motifs is 2. The number of anilines is 1. The minimum atomic E-state index is 0.116. The standard InChI is InChI=1S/C26H22N4O3S/c31-29-21-14-24(22-15-25-17(16-28-22)8-12-34-25)33-23-5-4-19(13-20(21)23)32-18-6-10-30(11-7-18)26-3-1-2-9-27-26/h1-5,8-9,12-16,18,31H,6-7,10-11H2. The van der Waals surface area contributed by atoms with Gasteiger partial charge in [0.1, 0.15) is 34.3 Å². The van der Waals surface area contributed by atoms with E-state index in [1.54, 1.807) is 17.4 Å². The Morgan fingerprint density at radius 1 is 1.06 bits per heavy atom. The van der Waals surface area contributed by atoms with Crippen LogP contribution in [0.4, 0.5) is 5.82 Å². The third kappa shape index (κ3) is 3.97. The highest BCUT2D eigenvalue weighted by Crippen LogP contribution is 2.29. The summed E-state index contributed by atoms with van der Waals surface area (Å²) in [6.07, 6.45) is 5.58. The van der Waals surface area contributed by atoms with E-state index < -0.39 is 0 Å². The second-order valence-corrected chi connectivity index (χ2v) is 9.22. The van der Waals surface area contributed by atoms with Gasteiger partial charge in [0.15, 0.2) is 5.76 Å². The smallest absolute Gasteiger partial charge is 0.155 e. The van der Waals surface area contributed by atoms with Gasteiger partial charge in [0.2, 0.25) is 0 Å². The number of thiophene rings is 1. The van der Waals surface area contributed by atoms with Gasteiger partial charge < -0.3 is 19.3 Å².